The van der Waals surface area contributed by atoms with Gasteiger partial charge < -0.3 is 20.3 Å². The molecular formula is C29H49N3O4S. The molecule has 0 heterocycles. The summed E-state index contributed by atoms with van der Waals surface area (Å²) in [6.07, 6.45) is 6.38. The first kappa shape index (κ1) is 32.8. The Bertz CT molecular complexity index is 869. The third-order valence-corrected chi connectivity index (χ3v) is 6.64. The fourth-order valence-electron chi connectivity index (χ4n) is 4.10. The number of benzene rings is 1. The number of hydrogen-bond donors (Lipinski definition) is 2. The number of alkyl carbamates (subject to hydrolysis) is 1. The van der Waals surface area contributed by atoms with Crippen molar-refractivity contribution in [2.45, 2.75) is 105 Å². The first-order chi connectivity index (χ1) is 17.4. The van der Waals surface area contributed by atoms with Crippen LogP contribution in [0.25, 0.3) is 0 Å². The van der Waals surface area contributed by atoms with Gasteiger partial charge in [-0.25, -0.2) is 4.79 Å². The van der Waals surface area contributed by atoms with Crippen molar-refractivity contribution in [1.82, 2.24) is 15.5 Å². The third kappa shape index (κ3) is 11.8. The number of rotatable bonds is 15. The molecule has 0 saturated heterocycles. The van der Waals surface area contributed by atoms with E-state index in [-0.39, 0.29) is 11.8 Å². The first-order valence-electron chi connectivity index (χ1n) is 13.6. The van der Waals surface area contributed by atoms with Crippen molar-refractivity contribution in [3.8, 4) is 0 Å². The molecule has 8 heteroatoms. The van der Waals surface area contributed by atoms with E-state index in [4.69, 9.17) is 4.74 Å². The lowest BCUT2D eigenvalue weighted by Crippen LogP contribution is -2.53. The number of thioether (sulfide) groups is 1. The number of nitrogens with one attached hydrogen (secondary N) is 2. The molecule has 0 saturated carbocycles. The second-order valence-electron chi connectivity index (χ2n) is 10.6. The molecule has 0 fully saturated rings. The number of hydrogen-bond acceptors (Lipinski definition) is 5. The van der Waals surface area contributed by atoms with E-state index in [1.165, 1.54) is 0 Å². The highest BCUT2D eigenvalue weighted by molar-refractivity contribution is 7.98. The first-order valence-corrected chi connectivity index (χ1v) is 15.0. The van der Waals surface area contributed by atoms with Crippen LogP contribution in [-0.4, -0.2) is 59.5 Å². The summed E-state index contributed by atoms with van der Waals surface area (Å²) in [4.78, 5) is 42.1. The molecule has 1 rings (SSSR count). The molecule has 210 valence electrons. The third-order valence-electron chi connectivity index (χ3n) is 5.99. The lowest BCUT2D eigenvalue weighted by molar-refractivity contribution is -0.142. The highest BCUT2D eigenvalue weighted by Crippen LogP contribution is 2.27. The van der Waals surface area contributed by atoms with Crippen molar-refractivity contribution >= 4 is 29.7 Å². The minimum Gasteiger partial charge on any atom is -0.444 e. The van der Waals surface area contributed by atoms with Crippen LogP contribution in [0.2, 0.25) is 0 Å². The van der Waals surface area contributed by atoms with Gasteiger partial charge in [0, 0.05) is 13.1 Å². The molecule has 0 aliphatic rings. The zero-order chi connectivity index (χ0) is 28.0. The zero-order valence-corrected chi connectivity index (χ0v) is 25.1. The average molecular weight is 536 g/mol. The Hall–Kier alpha value is -2.22. The van der Waals surface area contributed by atoms with Crippen LogP contribution in [0.5, 0.6) is 0 Å². The molecule has 2 atom stereocenters. The molecule has 0 aliphatic carbocycles. The molecule has 2 N–H and O–H groups in total. The summed E-state index contributed by atoms with van der Waals surface area (Å²) in [5, 5.41) is 5.87. The molecule has 0 spiro atoms. The van der Waals surface area contributed by atoms with E-state index >= 15 is 0 Å². The fraction of sp³-hybridized carbons (Fsp3) is 0.690. The molecule has 37 heavy (non-hydrogen) atoms. The average Bonchev–Trinajstić information content (AvgIpc) is 2.81. The van der Waals surface area contributed by atoms with Gasteiger partial charge >= 0.3 is 6.09 Å². The quantitative estimate of drug-likeness (QED) is 0.272. The summed E-state index contributed by atoms with van der Waals surface area (Å²) in [7, 11) is 0. The SMILES string of the molecule is CCCCCNC(=O)C(c1ccc(C)cc1C)N(CCCC)C(=O)C(CCSC)NC(=O)OC(C)(C)C. The maximum atomic E-state index is 14.1. The van der Waals surface area contributed by atoms with Gasteiger partial charge in [-0.2, -0.15) is 11.8 Å². The molecule has 0 aromatic heterocycles. The van der Waals surface area contributed by atoms with Crippen molar-refractivity contribution < 1.29 is 19.1 Å². The predicted octanol–water partition coefficient (Wildman–Crippen LogP) is 5.93. The van der Waals surface area contributed by atoms with Crippen molar-refractivity contribution in [2.75, 3.05) is 25.1 Å². The molecule has 1 aromatic rings. The summed E-state index contributed by atoms with van der Waals surface area (Å²) in [6.45, 7) is 14.5. The topological polar surface area (TPSA) is 87.7 Å². The van der Waals surface area contributed by atoms with E-state index in [0.717, 1.165) is 48.8 Å². The smallest absolute Gasteiger partial charge is 0.408 e. The lowest BCUT2D eigenvalue weighted by atomic mass is 9.96. The summed E-state index contributed by atoms with van der Waals surface area (Å²) in [5.41, 5.74) is 2.19. The Balaban J connectivity index is 3.44. The second-order valence-corrected chi connectivity index (χ2v) is 11.6. The van der Waals surface area contributed by atoms with Crippen LogP contribution in [0.1, 0.15) is 95.9 Å². The number of unbranched alkanes of at least 4 members (excludes halogenated alkanes) is 3. The Labute approximate surface area is 228 Å². The van der Waals surface area contributed by atoms with Gasteiger partial charge in [0.15, 0.2) is 0 Å². The van der Waals surface area contributed by atoms with E-state index in [2.05, 4.69) is 24.5 Å². The van der Waals surface area contributed by atoms with Crippen molar-refractivity contribution in [1.29, 1.82) is 0 Å². The number of ether oxygens (including phenoxy) is 1. The Morgan fingerprint density at radius 1 is 1.05 bits per heavy atom. The van der Waals surface area contributed by atoms with E-state index in [9.17, 15) is 14.4 Å². The van der Waals surface area contributed by atoms with Crippen LogP contribution in [0.15, 0.2) is 18.2 Å². The summed E-state index contributed by atoms with van der Waals surface area (Å²) < 4.78 is 5.45. The van der Waals surface area contributed by atoms with E-state index in [1.54, 1.807) is 37.4 Å². The monoisotopic (exact) mass is 535 g/mol. The maximum Gasteiger partial charge on any atom is 0.408 e. The van der Waals surface area contributed by atoms with Gasteiger partial charge in [-0.3, -0.25) is 9.59 Å². The zero-order valence-electron chi connectivity index (χ0n) is 24.2. The largest absolute Gasteiger partial charge is 0.444 e. The second kappa shape index (κ2) is 16.6. The summed E-state index contributed by atoms with van der Waals surface area (Å²) >= 11 is 1.61. The molecule has 2 unspecified atom stereocenters. The van der Waals surface area contributed by atoms with Gasteiger partial charge in [-0.1, -0.05) is 56.9 Å². The van der Waals surface area contributed by atoms with Crippen molar-refractivity contribution in [3.63, 3.8) is 0 Å². The van der Waals surface area contributed by atoms with Gasteiger partial charge in [0.2, 0.25) is 11.8 Å². The fourth-order valence-corrected chi connectivity index (χ4v) is 4.58. The van der Waals surface area contributed by atoms with Crippen molar-refractivity contribution in [3.05, 3.63) is 34.9 Å². The number of aryl methyl sites for hydroxylation is 2. The predicted molar refractivity (Wildman–Crippen MR) is 154 cm³/mol. The minimum atomic E-state index is -0.791. The van der Waals surface area contributed by atoms with E-state index in [0.29, 0.717) is 25.3 Å². The normalized spacial score (nSPS) is 13.0. The molecular weight excluding hydrogens is 486 g/mol. The van der Waals surface area contributed by atoms with Crippen LogP contribution < -0.4 is 10.6 Å². The Kier molecular flexibility index (Phi) is 14.7. The van der Waals surface area contributed by atoms with Gasteiger partial charge in [0.05, 0.1) is 0 Å². The standard InChI is InChI=1S/C29H49N3O4S/c1-9-11-13-17-30-26(33)25(23-15-14-21(3)20-22(23)4)32(18-12-10-2)27(34)24(16-19-37-8)31-28(35)36-29(5,6)7/h14-15,20,24-25H,9-13,16-19H2,1-8H3,(H,30,33)(H,31,35). The van der Waals surface area contributed by atoms with Crippen LogP contribution in [0.3, 0.4) is 0 Å². The lowest BCUT2D eigenvalue weighted by Gasteiger charge is -2.35. The highest BCUT2D eigenvalue weighted by Gasteiger charge is 2.36. The van der Waals surface area contributed by atoms with Gasteiger partial charge in [0.1, 0.15) is 17.7 Å². The van der Waals surface area contributed by atoms with Gasteiger partial charge in [-0.15, -0.1) is 0 Å². The summed E-state index contributed by atoms with van der Waals surface area (Å²) in [5.74, 6) is 0.237. The number of amides is 3. The highest BCUT2D eigenvalue weighted by atomic mass is 32.2. The van der Waals surface area contributed by atoms with Crippen LogP contribution in [-0.2, 0) is 14.3 Å². The molecule has 0 aliphatic heterocycles. The molecule has 7 nitrogen and oxygen atoms in total. The number of carbonyl (C=O) groups is 3. The molecule has 1 aromatic carbocycles. The maximum absolute atomic E-state index is 14.1. The van der Waals surface area contributed by atoms with Gasteiger partial charge in [-0.05, 0) is 77.0 Å². The van der Waals surface area contributed by atoms with Crippen LogP contribution in [0, 0.1) is 13.8 Å². The van der Waals surface area contributed by atoms with Crippen LogP contribution in [0.4, 0.5) is 4.79 Å². The van der Waals surface area contributed by atoms with E-state index < -0.39 is 23.8 Å². The van der Waals surface area contributed by atoms with Crippen molar-refractivity contribution in [2.24, 2.45) is 0 Å². The molecule has 0 bridgehead atoms. The minimum absolute atomic E-state index is 0.187. The molecule has 3 amide bonds. The molecule has 0 radical (unpaired) electrons. The Morgan fingerprint density at radius 2 is 1.73 bits per heavy atom. The number of nitrogens with zero attached hydrogens (tertiary/aromatic N) is 1. The number of carbonyl (C=O) groups excluding carboxylic acids is 3. The van der Waals surface area contributed by atoms with Gasteiger partial charge in [0.25, 0.3) is 0 Å². The Morgan fingerprint density at radius 3 is 2.30 bits per heavy atom. The summed E-state index contributed by atoms with van der Waals surface area (Å²) in [6, 6.07) is 4.40. The van der Waals surface area contributed by atoms with Crippen LogP contribution >= 0.6 is 11.8 Å². The van der Waals surface area contributed by atoms with E-state index in [1.807, 2.05) is 38.3 Å².